The molecule has 0 unspecified atom stereocenters. The lowest BCUT2D eigenvalue weighted by Gasteiger charge is -2.05. The van der Waals surface area contributed by atoms with Gasteiger partial charge in [0.1, 0.15) is 5.76 Å². The average Bonchev–Trinajstić information content (AvgIpc) is 2.51. The molecule has 0 spiro atoms. The van der Waals surface area contributed by atoms with Gasteiger partial charge in [0.25, 0.3) is 0 Å². The summed E-state index contributed by atoms with van der Waals surface area (Å²) < 4.78 is 5.45. The number of oxazole rings is 1. The van der Waals surface area contributed by atoms with Gasteiger partial charge in [0.2, 0.25) is 5.91 Å². The van der Waals surface area contributed by atoms with Crippen LogP contribution in [0.2, 0.25) is 0 Å². The molecule has 1 heterocycles. The number of nitrogens with zero attached hydrogens (tertiary/aromatic N) is 2. The first-order valence-electron chi connectivity index (χ1n) is 4.86. The van der Waals surface area contributed by atoms with Gasteiger partial charge in [-0.15, -0.1) is 0 Å². The second kappa shape index (κ2) is 4.93. The van der Waals surface area contributed by atoms with E-state index >= 15 is 0 Å². The Bertz CT molecular complexity index is 333. The molecule has 5 heteroatoms. The Morgan fingerprint density at radius 1 is 1.67 bits per heavy atom. The van der Waals surface area contributed by atoms with Crippen molar-refractivity contribution < 1.29 is 9.21 Å². The van der Waals surface area contributed by atoms with E-state index in [0.717, 1.165) is 5.76 Å². The summed E-state index contributed by atoms with van der Waals surface area (Å²) in [6.45, 7) is 2.47. The van der Waals surface area contributed by atoms with Crippen LogP contribution in [0.15, 0.2) is 10.6 Å². The smallest absolute Gasteiger partial charge is 0.220 e. The van der Waals surface area contributed by atoms with Crippen LogP contribution in [0.5, 0.6) is 0 Å². The Kier molecular flexibility index (Phi) is 3.85. The van der Waals surface area contributed by atoms with Crippen LogP contribution in [-0.2, 0) is 17.8 Å². The minimum Gasteiger partial charge on any atom is -0.444 e. The highest BCUT2D eigenvalue weighted by atomic mass is 16.4. The summed E-state index contributed by atoms with van der Waals surface area (Å²) in [6.07, 6.45) is 2.14. The first-order chi connectivity index (χ1) is 6.99. The number of nitrogens with two attached hydrogens (primary N) is 1. The number of rotatable bonds is 5. The molecule has 1 aromatic rings. The minimum atomic E-state index is -0.331. The average molecular weight is 211 g/mol. The second-order valence-electron chi connectivity index (χ2n) is 3.97. The van der Waals surface area contributed by atoms with Crippen molar-refractivity contribution in [1.29, 1.82) is 0 Å². The molecular weight excluding hydrogens is 194 g/mol. The van der Waals surface area contributed by atoms with E-state index in [-0.39, 0.29) is 11.8 Å². The molecule has 1 rings (SSSR count). The molecule has 84 valence electrons. The van der Waals surface area contributed by atoms with Gasteiger partial charge >= 0.3 is 0 Å². The maximum absolute atomic E-state index is 10.8. The number of carbonyl (C=O) groups excluding carboxylic acids is 1. The highest BCUT2D eigenvalue weighted by molar-refractivity contribution is 5.76. The first kappa shape index (κ1) is 11.7. The summed E-state index contributed by atoms with van der Waals surface area (Å²) in [4.78, 5) is 16.9. The molecule has 0 aliphatic heterocycles. The Morgan fingerprint density at radius 2 is 2.33 bits per heavy atom. The lowest BCUT2D eigenvalue weighted by Crippen LogP contribution is -2.22. The monoisotopic (exact) mass is 211 g/mol. The third-order valence-corrected chi connectivity index (χ3v) is 2.04. The van der Waals surface area contributed by atoms with Gasteiger partial charge in [-0.1, -0.05) is 6.92 Å². The van der Waals surface area contributed by atoms with E-state index in [9.17, 15) is 4.79 Å². The molecule has 1 atom stereocenters. The van der Waals surface area contributed by atoms with E-state index < -0.39 is 0 Å². The fraction of sp³-hybridized carbons (Fsp3) is 0.600. The van der Waals surface area contributed by atoms with E-state index in [4.69, 9.17) is 10.2 Å². The quantitative estimate of drug-likeness (QED) is 0.765. The van der Waals surface area contributed by atoms with Gasteiger partial charge < -0.3 is 15.1 Å². The first-order valence-corrected chi connectivity index (χ1v) is 4.86. The molecule has 1 amide bonds. The normalized spacial score (nSPS) is 13.1. The van der Waals surface area contributed by atoms with Gasteiger partial charge in [0.05, 0.1) is 12.7 Å². The van der Waals surface area contributed by atoms with Crippen LogP contribution in [0.25, 0.3) is 0 Å². The maximum Gasteiger partial charge on any atom is 0.220 e. The predicted octanol–water partition coefficient (Wildman–Crippen LogP) is 0.400. The lowest BCUT2D eigenvalue weighted by atomic mass is 10.1. The number of amides is 1. The van der Waals surface area contributed by atoms with Crippen molar-refractivity contribution in [2.24, 2.45) is 11.7 Å². The SMILES string of the molecule is C[C@@H](Cc1ncc(CN(C)C)o1)C(N)=O. The molecule has 2 N–H and O–H groups in total. The van der Waals surface area contributed by atoms with Crippen molar-refractivity contribution in [2.45, 2.75) is 19.9 Å². The van der Waals surface area contributed by atoms with Gasteiger partial charge in [-0.2, -0.15) is 0 Å². The van der Waals surface area contributed by atoms with E-state index in [0.29, 0.717) is 18.9 Å². The van der Waals surface area contributed by atoms with Crippen molar-refractivity contribution in [1.82, 2.24) is 9.88 Å². The number of primary amides is 1. The number of aromatic nitrogens is 1. The van der Waals surface area contributed by atoms with Crippen LogP contribution in [0.1, 0.15) is 18.6 Å². The Balaban J connectivity index is 2.56. The summed E-state index contributed by atoms with van der Waals surface area (Å²) in [6, 6.07) is 0. The summed E-state index contributed by atoms with van der Waals surface area (Å²) in [5.74, 6) is 0.794. The van der Waals surface area contributed by atoms with Gasteiger partial charge in [-0.3, -0.25) is 4.79 Å². The zero-order chi connectivity index (χ0) is 11.4. The number of carbonyl (C=O) groups is 1. The highest BCUT2D eigenvalue weighted by Gasteiger charge is 2.13. The Hall–Kier alpha value is -1.36. The number of hydrogen-bond acceptors (Lipinski definition) is 4. The fourth-order valence-corrected chi connectivity index (χ4v) is 1.19. The van der Waals surface area contributed by atoms with Gasteiger partial charge in [-0.05, 0) is 14.1 Å². The van der Waals surface area contributed by atoms with Crippen molar-refractivity contribution in [3.8, 4) is 0 Å². The van der Waals surface area contributed by atoms with Crippen LogP contribution >= 0.6 is 0 Å². The zero-order valence-corrected chi connectivity index (χ0v) is 9.36. The third kappa shape index (κ3) is 3.71. The van der Waals surface area contributed by atoms with E-state index in [1.165, 1.54) is 0 Å². The van der Waals surface area contributed by atoms with Crippen LogP contribution in [-0.4, -0.2) is 29.9 Å². The molecule has 0 aliphatic rings. The Morgan fingerprint density at radius 3 is 2.87 bits per heavy atom. The molecule has 0 fully saturated rings. The summed E-state index contributed by atoms with van der Waals surface area (Å²) in [5, 5.41) is 0. The molecule has 0 radical (unpaired) electrons. The largest absolute Gasteiger partial charge is 0.444 e. The molecular formula is C10H17N3O2. The van der Waals surface area contributed by atoms with Crippen molar-refractivity contribution >= 4 is 5.91 Å². The topological polar surface area (TPSA) is 72.4 Å². The zero-order valence-electron chi connectivity index (χ0n) is 9.36. The molecule has 1 aromatic heterocycles. The van der Waals surface area contributed by atoms with Crippen LogP contribution in [0, 0.1) is 5.92 Å². The van der Waals surface area contributed by atoms with Gasteiger partial charge in [-0.25, -0.2) is 4.98 Å². The molecule has 0 saturated heterocycles. The number of hydrogen-bond donors (Lipinski definition) is 1. The van der Waals surface area contributed by atoms with Crippen LogP contribution in [0.3, 0.4) is 0 Å². The molecule has 5 nitrogen and oxygen atoms in total. The van der Waals surface area contributed by atoms with Crippen molar-refractivity contribution in [2.75, 3.05) is 14.1 Å². The standard InChI is InChI=1S/C10H17N3O2/c1-7(10(11)14)4-9-12-5-8(15-9)6-13(2)3/h5,7H,4,6H2,1-3H3,(H2,11,14)/t7-/m0/s1. The summed E-state index contributed by atoms with van der Waals surface area (Å²) in [7, 11) is 3.91. The molecule has 0 bridgehead atoms. The molecule has 0 saturated carbocycles. The Labute approximate surface area is 89.3 Å². The van der Waals surface area contributed by atoms with E-state index in [1.54, 1.807) is 13.1 Å². The molecule has 0 aromatic carbocycles. The third-order valence-electron chi connectivity index (χ3n) is 2.04. The predicted molar refractivity (Wildman–Crippen MR) is 56.0 cm³/mol. The summed E-state index contributed by atoms with van der Waals surface area (Å²) >= 11 is 0. The van der Waals surface area contributed by atoms with E-state index in [1.807, 2.05) is 19.0 Å². The second-order valence-corrected chi connectivity index (χ2v) is 3.97. The fourth-order valence-electron chi connectivity index (χ4n) is 1.19. The lowest BCUT2D eigenvalue weighted by molar-refractivity contribution is -0.121. The van der Waals surface area contributed by atoms with Crippen LogP contribution in [0.4, 0.5) is 0 Å². The van der Waals surface area contributed by atoms with Crippen molar-refractivity contribution in [3.05, 3.63) is 17.8 Å². The van der Waals surface area contributed by atoms with Crippen LogP contribution < -0.4 is 5.73 Å². The maximum atomic E-state index is 10.8. The van der Waals surface area contributed by atoms with Gasteiger partial charge in [0.15, 0.2) is 5.89 Å². The summed E-state index contributed by atoms with van der Waals surface area (Å²) in [5.41, 5.74) is 5.15. The highest BCUT2D eigenvalue weighted by Crippen LogP contribution is 2.10. The minimum absolute atomic E-state index is 0.240. The molecule has 0 aliphatic carbocycles. The van der Waals surface area contributed by atoms with Gasteiger partial charge in [0, 0.05) is 12.3 Å². The van der Waals surface area contributed by atoms with E-state index in [2.05, 4.69) is 4.98 Å². The van der Waals surface area contributed by atoms with Crippen molar-refractivity contribution in [3.63, 3.8) is 0 Å². The molecule has 15 heavy (non-hydrogen) atoms.